The molecule has 42 heavy (non-hydrogen) atoms. The van der Waals surface area contributed by atoms with Crippen molar-refractivity contribution in [2.24, 2.45) is 0 Å². The van der Waals surface area contributed by atoms with E-state index in [0.29, 0.717) is 46.4 Å². The van der Waals surface area contributed by atoms with E-state index in [0.717, 1.165) is 34.2 Å². The summed E-state index contributed by atoms with van der Waals surface area (Å²) < 4.78 is 32.8. The van der Waals surface area contributed by atoms with Crippen molar-refractivity contribution in [1.82, 2.24) is 10.3 Å². The van der Waals surface area contributed by atoms with Crippen molar-refractivity contribution in [3.8, 4) is 34.4 Å². The normalized spacial score (nSPS) is 14.6. The predicted octanol–water partition coefficient (Wildman–Crippen LogP) is 6.54. The second-order valence-corrected chi connectivity index (χ2v) is 10.6. The van der Waals surface area contributed by atoms with Crippen LogP contribution in [-0.4, -0.2) is 29.8 Å². The van der Waals surface area contributed by atoms with E-state index in [2.05, 4.69) is 16.4 Å². The molecule has 2 atom stereocenters. The van der Waals surface area contributed by atoms with Gasteiger partial charge in [-0.1, -0.05) is 29.8 Å². The molecular weight excluding hydrogens is 557 g/mol. The molecule has 2 N–H and O–H groups in total. The average molecular weight is 588 g/mol. The molecular formula is C33H31ClFN3O4. The Morgan fingerprint density at radius 3 is 2.76 bits per heavy atom. The van der Waals surface area contributed by atoms with Crippen LogP contribution in [0.3, 0.4) is 0 Å². The highest BCUT2D eigenvalue weighted by Crippen LogP contribution is 2.43. The molecule has 0 spiro atoms. The number of rotatable bonds is 11. The maximum Gasteiger partial charge on any atom is 0.142 e. The van der Waals surface area contributed by atoms with E-state index in [9.17, 15) is 14.8 Å². The number of methoxy groups -OCH3 is 1. The third-order valence-corrected chi connectivity index (χ3v) is 7.59. The van der Waals surface area contributed by atoms with Gasteiger partial charge in [0.1, 0.15) is 41.8 Å². The lowest BCUT2D eigenvalue weighted by Crippen LogP contribution is -2.28. The number of hydrogen-bond donors (Lipinski definition) is 2. The number of aromatic nitrogens is 1. The number of pyridine rings is 1. The van der Waals surface area contributed by atoms with Crippen molar-refractivity contribution in [3.05, 3.63) is 106 Å². The topological polar surface area (TPSA) is 96.6 Å². The van der Waals surface area contributed by atoms with E-state index in [-0.39, 0.29) is 31.2 Å². The summed E-state index contributed by atoms with van der Waals surface area (Å²) in [5, 5.41) is 22.3. The second-order valence-electron chi connectivity index (χ2n) is 10.2. The largest absolute Gasteiger partial charge is 0.497 e. The van der Waals surface area contributed by atoms with Crippen molar-refractivity contribution in [1.29, 1.82) is 5.26 Å². The minimum absolute atomic E-state index is 0.0127. The highest BCUT2D eigenvalue weighted by atomic mass is 35.5. The molecule has 0 saturated carbocycles. The van der Waals surface area contributed by atoms with E-state index in [1.165, 1.54) is 19.4 Å². The van der Waals surface area contributed by atoms with Crippen LogP contribution in [0.15, 0.2) is 67.0 Å². The number of nitriles is 1. The fourth-order valence-corrected chi connectivity index (χ4v) is 5.29. The van der Waals surface area contributed by atoms with Gasteiger partial charge in [0.05, 0.1) is 24.3 Å². The molecule has 0 saturated heterocycles. The standard InChI is InChI=1S/C33H31ClFN3O4/c1-20(18-39)38-17-23-11-29(34)33(13-32(23)41-19-22-10-21(14-36)15-37-16-22)42-31-9-8-26-25(4-3-5-28(26)31)27-7-6-24(40-2)12-30(27)35/h3-7,10-13,15-16,20,31,38-39H,8-9,17-19H2,1-2H3/t20-,31+/m1/s1. The first-order valence-electron chi connectivity index (χ1n) is 13.7. The van der Waals surface area contributed by atoms with Gasteiger partial charge in [0, 0.05) is 53.8 Å². The van der Waals surface area contributed by atoms with Gasteiger partial charge in [-0.3, -0.25) is 4.98 Å². The summed E-state index contributed by atoms with van der Waals surface area (Å²) in [6.07, 6.45) is 4.31. The summed E-state index contributed by atoms with van der Waals surface area (Å²) in [5.74, 6) is 1.15. The molecule has 9 heteroatoms. The van der Waals surface area contributed by atoms with Crippen LogP contribution >= 0.6 is 11.6 Å². The Balaban J connectivity index is 1.42. The van der Waals surface area contributed by atoms with Crippen LogP contribution in [-0.2, 0) is 19.6 Å². The maximum atomic E-state index is 15.0. The monoisotopic (exact) mass is 587 g/mol. The molecule has 0 unspecified atom stereocenters. The number of nitrogens with one attached hydrogen (secondary N) is 1. The van der Waals surface area contributed by atoms with Crippen molar-refractivity contribution < 1.29 is 23.7 Å². The molecule has 4 aromatic rings. The first-order valence-corrected chi connectivity index (χ1v) is 14.0. The van der Waals surface area contributed by atoms with Gasteiger partial charge in [0.25, 0.3) is 0 Å². The molecule has 0 fully saturated rings. The summed E-state index contributed by atoms with van der Waals surface area (Å²) in [5.41, 5.74) is 5.38. The summed E-state index contributed by atoms with van der Waals surface area (Å²) in [7, 11) is 1.51. The van der Waals surface area contributed by atoms with Gasteiger partial charge in [-0.15, -0.1) is 0 Å². The SMILES string of the molecule is COc1ccc(-c2cccc3c2CC[C@@H]3Oc2cc(OCc3cncc(C#N)c3)c(CN[C@H](C)CO)cc2Cl)c(F)c1. The minimum atomic E-state index is -0.341. The molecule has 1 aliphatic rings. The van der Waals surface area contributed by atoms with Crippen LogP contribution in [0, 0.1) is 17.1 Å². The summed E-state index contributed by atoms with van der Waals surface area (Å²) in [4.78, 5) is 4.11. The Hall–Kier alpha value is -4.16. The molecule has 0 bridgehead atoms. The third kappa shape index (κ3) is 6.50. The second kappa shape index (κ2) is 13.2. The number of halogens is 2. The molecule has 216 valence electrons. The molecule has 7 nitrogen and oxygen atoms in total. The van der Waals surface area contributed by atoms with Gasteiger partial charge in [-0.25, -0.2) is 4.39 Å². The van der Waals surface area contributed by atoms with Crippen LogP contribution in [0.4, 0.5) is 4.39 Å². The molecule has 0 radical (unpaired) electrons. The molecule has 0 amide bonds. The van der Waals surface area contributed by atoms with Crippen LogP contribution in [0.1, 0.15) is 47.3 Å². The first kappa shape index (κ1) is 29.3. The van der Waals surface area contributed by atoms with Crippen LogP contribution in [0.25, 0.3) is 11.1 Å². The zero-order chi connectivity index (χ0) is 29.6. The lowest BCUT2D eigenvalue weighted by atomic mass is 9.96. The van der Waals surface area contributed by atoms with Crippen LogP contribution in [0.5, 0.6) is 17.2 Å². The minimum Gasteiger partial charge on any atom is -0.497 e. The summed E-state index contributed by atoms with van der Waals surface area (Å²) in [6, 6.07) is 18.0. The number of fused-ring (bicyclic) bond motifs is 1. The molecule has 1 aliphatic carbocycles. The first-order chi connectivity index (χ1) is 20.4. The highest BCUT2D eigenvalue weighted by molar-refractivity contribution is 6.32. The quantitative estimate of drug-likeness (QED) is 0.206. The zero-order valence-corrected chi connectivity index (χ0v) is 24.1. The molecule has 1 heterocycles. The predicted molar refractivity (Wildman–Crippen MR) is 158 cm³/mol. The van der Waals surface area contributed by atoms with Gasteiger partial charge in [0.2, 0.25) is 0 Å². The Morgan fingerprint density at radius 2 is 2.00 bits per heavy atom. The molecule has 3 aromatic carbocycles. The Morgan fingerprint density at radius 1 is 1.14 bits per heavy atom. The van der Waals surface area contributed by atoms with Gasteiger partial charge in [0.15, 0.2) is 0 Å². The van der Waals surface area contributed by atoms with Gasteiger partial charge >= 0.3 is 0 Å². The number of benzene rings is 3. The van der Waals surface area contributed by atoms with Crippen molar-refractivity contribution in [3.63, 3.8) is 0 Å². The van der Waals surface area contributed by atoms with E-state index in [1.54, 1.807) is 36.5 Å². The lowest BCUT2D eigenvalue weighted by molar-refractivity contribution is 0.205. The van der Waals surface area contributed by atoms with Crippen molar-refractivity contribution in [2.45, 2.75) is 45.1 Å². The van der Waals surface area contributed by atoms with Crippen LogP contribution < -0.4 is 19.5 Å². The van der Waals surface area contributed by atoms with Crippen molar-refractivity contribution >= 4 is 11.6 Å². The Kier molecular flexibility index (Phi) is 9.23. The van der Waals surface area contributed by atoms with E-state index >= 15 is 0 Å². The van der Waals surface area contributed by atoms with E-state index in [1.807, 2.05) is 25.1 Å². The number of hydrogen-bond acceptors (Lipinski definition) is 7. The number of ether oxygens (including phenoxy) is 3. The van der Waals surface area contributed by atoms with Gasteiger partial charge in [-0.2, -0.15) is 5.26 Å². The van der Waals surface area contributed by atoms with Gasteiger partial charge in [-0.05, 0) is 60.7 Å². The van der Waals surface area contributed by atoms with Crippen molar-refractivity contribution in [2.75, 3.05) is 13.7 Å². The Labute approximate surface area is 249 Å². The molecule has 1 aromatic heterocycles. The van der Waals surface area contributed by atoms with E-state index in [4.69, 9.17) is 25.8 Å². The molecule has 5 rings (SSSR count). The zero-order valence-electron chi connectivity index (χ0n) is 23.4. The summed E-state index contributed by atoms with van der Waals surface area (Å²) in [6.45, 7) is 2.47. The number of aliphatic hydroxyl groups is 1. The number of nitrogens with zero attached hydrogens (tertiary/aromatic N) is 2. The third-order valence-electron chi connectivity index (χ3n) is 7.30. The highest BCUT2D eigenvalue weighted by Gasteiger charge is 2.28. The Bertz CT molecular complexity index is 1620. The maximum absolute atomic E-state index is 15.0. The average Bonchev–Trinajstić information content (AvgIpc) is 3.43. The molecule has 0 aliphatic heterocycles. The lowest BCUT2D eigenvalue weighted by Gasteiger charge is -2.20. The number of aliphatic hydroxyl groups excluding tert-OH is 1. The van der Waals surface area contributed by atoms with Crippen LogP contribution in [0.2, 0.25) is 5.02 Å². The fraction of sp³-hybridized carbons (Fsp3) is 0.273. The summed E-state index contributed by atoms with van der Waals surface area (Å²) >= 11 is 6.72. The van der Waals surface area contributed by atoms with Gasteiger partial charge < -0.3 is 24.6 Å². The fourth-order valence-electron chi connectivity index (χ4n) is 5.06. The smallest absolute Gasteiger partial charge is 0.142 e. The van der Waals surface area contributed by atoms with E-state index < -0.39 is 0 Å².